The van der Waals surface area contributed by atoms with E-state index in [2.05, 4.69) is 0 Å². The number of hydrogen-bond acceptors (Lipinski definition) is 7. The number of benzene rings is 1. The van der Waals surface area contributed by atoms with Gasteiger partial charge in [-0.3, -0.25) is 9.59 Å². The first kappa shape index (κ1) is 19.9. The number of esters is 1. The van der Waals surface area contributed by atoms with E-state index >= 15 is 0 Å². The van der Waals surface area contributed by atoms with Gasteiger partial charge in [0.15, 0.2) is 18.4 Å². The van der Waals surface area contributed by atoms with E-state index in [-0.39, 0.29) is 24.3 Å². The van der Waals surface area contributed by atoms with Crippen molar-refractivity contribution in [2.24, 2.45) is 23.2 Å². The van der Waals surface area contributed by atoms with E-state index in [4.69, 9.17) is 23.7 Å². The fourth-order valence-electron chi connectivity index (χ4n) is 6.08. The molecule has 2 aliphatic heterocycles. The molecule has 0 unspecified atom stereocenters. The molecule has 7 heteroatoms. The van der Waals surface area contributed by atoms with Crippen LogP contribution in [0.3, 0.4) is 0 Å². The molecule has 1 saturated carbocycles. The molecule has 2 heterocycles. The first-order valence-corrected chi connectivity index (χ1v) is 10.3. The molecule has 0 N–H and O–H groups in total. The van der Waals surface area contributed by atoms with Crippen LogP contribution < -0.4 is 0 Å². The summed E-state index contributed by atoms with van der Waals surface area (Å²) in [6.45, 7) is 2.11. The lowest BCUT2D eigenvalue weighted by molar-refractivity contribution is -0.357. The summed E-state index contributed by atoms with van der Waals surface area (Å²) in [5.41, 5.74) is 0.658. The van der Waals surface area contributed by atoms with Crippen molar-refractivity contribution in [3.8, 4) is 0 Å². The van der Waals surface area contributed by atoms with Gasteiger partial charge in [0.1, 0.15) is 12.2 Å². The van der Waals surface area contributed by atoms with E-state index in [1.165, 1.54) is 14.2 Å². The number of carbonyl (C=O) groups is 2. The highest BCUT2D eigenvalue weighted by Crippen LogP contribution is 2.64. The molecule has 30 heavy (non-hydrogen) atoms. The third kappa shape index (κ3) is 2.59. The lowest BCUT2D eigenvalue weighted by Gasteiger charge is -2.54. The zero-order chi connectivity index (χ0) is 21.0. The first-order chi connectivity index (χ1) is 14.5. The summed E-state index contributed by atoms with van der Waals surface area (Å²) in [5, 5.41) is 0. The molecule has 1 aromatic rings. The zero-order valence-corrected chi connectivity index (χ0v) is 17.3. The van der Waals surface area contributed by atoms with E-state index in [1.54, 1.807) is 0 Å². The van der Waals surface area contributed by atoms with Crippen LogP contribution in [0.25, 0.3) is 0 Å². The molecule has 2 aliphatic carbocycles. The van der Waals surface area contributed by atoms with Crippen molar-refractivity contribution >= 4 is 11.8 Å². The smallest absolute Gasteiger partial charge is 0.309 e. The van der Waals surface area contributed by atoms with Crippen LogP contribution in [0.1, 0.15) is 25.2 Å². The molecule has 7 nitrogen and oxygen atoms in total. The molecular formula is C23H26O7. The Bertz CT molecular complexity index is 881. The summed E-state index contributed by atoms with van der Waals surface area (Å²) >= 11 is 0. The fraction of sp³-hybridized carbons (Fsp3) is 0.565. The van der Waals surface area contributed by atoms with E-state index in [1.807, 2.05) is 43.3 Å². The summed E-state index contributed by atoms with van der Waals surface area (Å²) in [6, 6.07) is 9.64. The van der Waals surface area contributed by atoms with Gasteiger partial charge in [0.2, 0.25) is 0 Å². The topological polar surface area (TPSA) is 80.3 Å². The van der Waals surface area contributed by atoms with E-state index < -0.39 is 42.0 Å². The molecule has 0 aromatic heterocycles. The maximum absolute atomic E-state index is 13.7. The normalized spacial score (nSPS) is 42.2. The van der Waals surface area contributed by atoms with Gasteiger partial charge in [-0.15, -0.1) is 0 Å². The zero-order valence-electron chi connectivity index (χ0n) is 17.3. The molecule has 4 aliphatic rings. The van der Waals surface area contributed by atoms with Crippen LogP contribution in [0.5, 0.6) is 0 Å². The van der Waals surface area contributed by atoms with E-state index in [0.717, 1.165) is 5.56 Å². The maximum Gasteiger partial charge on any atom is 0.309 e. The van der Waals surface area contributed by atoms with Crippen LogP contribution >= 0.6 is 0 Å². The molecule has 2 saturated heterocycles. The average Bonchev–Trinajstić information content (AvgIpc) is 3.24. The molecule has 5 rings (SSSR count). The number of Topliss-reactive ketones (excluding diaryl/α,β-unsaturated/α-hetero) is 1. The first-order valence-electron chi connectivity index (χ1n) is 10.3. The third-order valence-electron chi connectivity index (χ3n) is 7.21. The molecule has 0 bridgehead atoms. The molecule has 8 atom stereocenters. The highest BCUT2D eigenvalue weighted by atomic mass is 16.7. The molecule has 160 valence electrons. The van der Waals surface area contributed by atoms with Crippen molar-refractivity contribution in [3.63, 3.8) is 0 Å². The molecule has 0 radical (unpaired) electrons. The summed E-state index contributed by atoms with van der Waals surface area (Å²) in [6.07, 6.45) is 0.166. The Morgan fingerprint density at radius 2 is 1.93 bits per heavy atom. The minimum atomic E-state index is -0.927. The number of ether oxygens (including phenoxy) is 5. The highest BCUT2D eigenvalue weighted by molar-refractivity contribution is 6.04. The molecule has 1 spiro atoms. The lowest BCUT2D eigenvalue weighted by Crippen LogP contribution is -2.66. The summed E-state index contributed by atoms with van der Waals surface area (Å²) in [5.74, 6) is -1.46. The van der Waals surface area contributed by atoms with Crippen molar-refractivity contribution in [1.29, 1.82) is 0 Å². The van der Waals surface area contributed by atoms with Crippen molar-refractivity contribution in [3.05, 3.63) is 47.5 Å². The van der Waals surface area contributed by atoms with Gasteiger partial charge in [0, 0.05) is 18.6 Å². The largest absolute Gasteiger partial charge is 0.469 e. The van der Waals surface area contributed by atoms with Gasteiger partial charge in [0.05, 0.1) is 25.0 Å². The Morgan fingerprint density at radius 3 is 2.63 bits per heavy atom. The SMILES string of the molecule is COC(=O)[C@@H]1C[C@@H]2C=C(C)C(=O)[C@]23[C@H]1[C@@H](OC)O[C@@H]1CO[C@@H](c2ccccc2)O[C@H]13. The van der Waals surface area contributed by atoms with E-state index in [9.17, 15) is 9.59 Å². The second-order valence-electron chi connectivity index (χ2n) is 8.52. The number of hydrogen-bond donors (Lipinski definition) is 0. The summed E-state index contributed by atoms with van der Waals surface area (Å²) < 4.78 is 29.3. The summed E-state index contributed by atoms with van der Waals surface area (Å²) in [4.78, 5) is 26.4. The third-order valence-corrected chi connectivity index (χ3v) is 7.21. The van der Waals surface area contributed by atoms with Gasteiger partial charge in [-0.25, -0.2) is 0 Å². The Morgan fingerprint density at radius 1 is 1.17 bits per heavy atom. The van der Waals surface area contributed by atoms with Gasteiger partial charge in [0.25, 0.3) is 0 Å². The monoisotopic (exact) mass is 414 g/mol. The predicted molar refractivity (Wildman–Crippen MR) is 104 cm³/mol. The Balaban J connectivity index is 1.59. The Kier molecular flexibility index (Phi) is 4.82. The highest BCUT2D eigenvalue weighted by Gasteiger charge is 2.73. The standard InChI is InChI=1S/C23H26O7/c1-12-9-14-10-15(20(25)26-2)17-22(27-3)29-16-11-28-21(13-7-5-4-6-8-13)30-19(16)23(14,17)18(12)24/h4-9,14-17,19,21-22H,10-11H2,1-3H3/t14-,15+,16+,17+,19+,21+,22-,23+/m0/s1. The maximum atomic E-state index is 13.7. The van der Waals surface area contributed by atoms with Gasteiger partial charge in [-0.2, -0.15) is 0 Å². The molecular weight excluding hydrogens is 388 g/mol. The van der Waals surface area contributed by atoms with Gasteiger partial charge >= 0.3 is 5.97 Å². The number of rotatable bonds is 3. The molecule has 3 fully saturated rings. The summed E-state index contributed by atoms with van der Waals surface area (Å²) in [7, 11) is 2.91. The van der Waals surface area contributed by atoms with Crippen LogP contribution in [-0.4, -0.2) is 51.1 Å². The predicted octanol–water partition coefficient (Wildman–Crippen LogP) is 2.41. The number of fused-ring (bicyclic) bond motifs is 1. The number of ketones is 1. The molecule has 1 aromatic carbocycles. The quantitative estimate of drug-likeness (QED) is 0.703. The fourth-order valence-corrected chi connectivity index (χ4v) is 6.08. The number of carbonyl (C=O) groups excluding carboxylic acids is 2. The van der Waals surface area contributed by atoms with Gasteiger partial charge in [-0.05, 0) is 24.8 Å². The second kappa shape index (κ2) is 7.27. The molecule has 0 amide bonds. The van der Waals surface area contributed by atoms with Crippen molar-refractivity contribution in [2.45, 2.75) is 38.1 Å². The van der Waals surface area contributed by atoms with Crippen LogP contribution in [-0.2, 0) is 33.3 Å². The van der Waals surface area contributed by atoms with E-state index in [0.29, 0.717) is 12.0 Å². The Hall–Kier alpha value is -2.06. The van der Waals surface area contributed by atoms with Gasteiger partial charge in [-0.1, -0.05) is 36.4 Å². The second-order valence-corrected chi connectivity index (χ2v) is 8.52. The van der Waals surface area contributed by atoms with Crippen LogP contribution in [0.4, 0.5) is 0 Å². The minimum absolute atomic E-state index is 0.0120. The van der Waals surface area contributed by atoms with Crippen LogP contribution in [0, 0.1) is 23.2 Å². The minimum Gasteiger partial charge on any atom is -0.469 e. The van der Waals surface area contributed by atoms with Crippen molar-refractivity contribution in [2.75, 3.05) is 20.8 Å². The van der Waals surface area contributed by atoms with Crippen molar-refractivity contribution in [1.82, 2.24) is 0 Å². The number of methoxy groups -OCH3 is 2. The average molecular weight is 414 g/mol. The Labute approximate surface area is 175 Å². The van der Waals surface area contributed by atoms with Crippen LogP contribution in [0.15, 0.2) is 42.0 Å². The van der Waals surface area contributed by atoms with Gasteiger partial charge < -0.3 is 23.7 Å². The van der Waals surface area contributed by atoms with Crippen LogP contribution in [0.2, 0.25) is 0 Å². The lowest BCUT2D eigenvalue weighted by atomic mass is 9.63. The van der Waals surface area contributed by atoms with Crippen molar-refractivity contribution < 1.29 is 33.3 Å². The number of allylic oxidation sites excluding steroid dienone is 2.